The summed E-state index contributed by atoms with van der Waals surface area (Å²) in [5.41, 5.74) is 0.485. The van der Waals surface area contributed by atoms with E-state index in [0.717, 1.165) is 16.2 Å². The fourth-order valence-corrected chi connectivity index (χ4v) is 5.41. The number of aromatic nitrogens is 3. The Morgan fingerprint density at radius 1 is 1.38 bits per heavy atom. The zero-order valence-corrected chi connectivity index (χ0v) is 14.7. The third kappa shape index (κ3) is 2.97. The number of halogens is 1. The summed E-state index contributed by atoms with van der Waals surface area (Å²) < 4.78 is 41.5. The standard InChI is InChI=1S/C15H15FN4O2S2/c1-17-7-10-6-13(12-4-3-5-18-14(12)16)15(23-10)24(21,22)11-8-19-20(2)9-11/h3-6,8-9,17H,7H2,1-2H3. The molecule has 0 saturated heterocycles. The van der Waals surface area contributed by atoms with Crippen LogP contribution in [0.4, 0.5) is 4.39 Å². The van der Waals surface area contributed by atoms with Gasteiger partial charge in [0.05, 0.1) is 6.20 Å². The minimum absolute atomic E-state index is 0.0772. The molecule has 0 atom stereocenters. The van der Waals surface area contributed by atoms with Crippen molar-refractivity contribution in [1.82, 2.24) is 20.1 Å². The van der Waals surface area contributed by atoms with Gasteiger partial charge in [0, 0.05) is 42.0 Å². The van der Waals surface area contributed by atoms with Crippen LogP contribution in [-0.2, 0) is 23.4 Å². The first kappa shape index (κ1) is 16.7. The zero-order chi connectivity index (χ0) is 17.3. The smallest absolute Gasteiger partial charge is 0.220 e. The van der Waals surface area contributed by atoms with Gasteiger partial charge in [-0.15, -0.1) is 11.3 Å². The van der Waals surface area contributed by atoms with Gasteiger partial charge >= 0.3 is 0 Å². The Hall–Kier alpha value is -2.10. The van der Waals surface area contributed by atoms with E-state index in [4.69, 9.17) is 0 Å². The summed E-state index contributed by atoms with van der Waals surface area (Å²) in [4.78, 5) is 4.49. The van der Waals surface area contributed by atoms with Gasteiger partial charge < -0.3 is 5.32 Å². The SMILES string of the molecule is CNCc1cc(-c2cccnc2F)c(S(=O)(=O)c2cnn(C)c2)s1. The molecule has 3 aromatic rings. The number of sulfone groups is 1. The van der Waals surface area contributed by atoms with E-state index >= 15 is 0 Å². The molecule has 0 amide bonds. The quantitative estimate of drug-likeness (QED) is 0.701. The molecule has 126 valence electrons. The van der Waals surface area contributed by atoms with Gasteiger partial charge in [-0.3, -0.25) is 4.68 Å². The van der Waals surface area contributed by atoms with E-state index in [2.05, 4.69) is 15.4 Å². The van der Waals surface area contributed by atoms with Crippen molar-refractivity contribution in [3.8, 4) is 11.1 Å². The highest BCUT2D eigenvalue weighted by Gasteiger charge is 2.27. The van der Waals surface area contributed by atoms with Crippen LogP contribution in [0.25, 0.3) is 11.1 Å². The average Bonchev–Trinajstić information content (AvgIpc) is 3.15. The maximum atomic E-state index is 14.1. The molecular formula is C15H15FN4O2S2. The minimum atomic E-state index is -3.80. The second kappa shape index (κ2) is 6.42. The molecule has 3 rings (SSSR count). The first-order valence-corrected chi connectivity index (χ1v) is 9.35. The predicted octanol–water partition coefficient (Wildman–Crippen LogP) is 2.23. The van der Waals surface area contributed by atoms with Gasteiger partial charge in [0.25, 0.3) is 0 Å². The fourth-order valence-electron chi connectivity index (χ4n) is 2.30. The van der Waals surface area contributed by atoms with Crippen molar-refractivity contribution in [2.75, 3.05) is 7.05 Å². The summed E-state index contributed by atoms with van der Waals surface area (Å²) in [5, 5.41) is 6.89. The van der Waals surface area contributed by atoms with Crippen LogP contribution in [0.2, 0.25) is 0 Å². The number of nitrogens with zero attached hydrogens (tertiary/aromatic N) is 3. The first-order chi connectivity index (χ1) is 11.4. The molecule has 24 heavy (non-hydrogen) atoms. The van der Waals surface area contributed by atoms with Crippen molar-refractivity contribution >= 4 is 21.2 Å². The van der Waals surface area contributed by atoms with Gasteiger partial charge in [0.15, 0.2) is 0 Å². The van der Waals surface area contributed by atoms with E-state index in [0.29, 0.717) is 12.1 Å². The monoisotopic (exact) mass is 366 g/mol. The van der Waals surface area contributed by atoms with Crippen molar-refractivity contribution in [3.63, 3.8) is 0 Å². The van der Waals surface area contributed by atoms with Crippen molar-refractivity contribution in [2.45, 2.75) is 15.6 Å². The predicted molar refractivity (Wildman–Crippen MR) is 88.9 cm³/mol. The third-order valence-corrected chi connectivity index (χ3v) is 6.76. The molecule has 3 heterocycles. The fraction of sp³-hybridized carbons (Fsp3) is 0.200. The molecule has 1 N–H and O–H groups in total. The second-order valence-electron chi connectivity index (χ2n) is 5.14. The molecule has 6 nitrogen and oxygen atoms in total. The number of aryl methyl sites for hydroxylation is 1. The van der Waals surface area contributed by atoms with E-state index in [1.807, 2.05) is 0 Å². The van der Waals surface area contributed by atoms with Crippen LogP contribution in [0.5, 0.6) is 0 Å². The minimum Gasteiger partial charge on any atom is -0.315 e. The molecule has 0 aromatic carbocycles. The van der Waals surface area contributed by atoms with Crippen LogP contribution < -0.4 is 5.32 Å². The van der Waals surface area contributed by atoms with Crippen LogP contribution in [0.3, 0.4) is 0 Å². The molecule has 9 heteroatoms. The summed E-state index contributed by atoms with van der Waals surface area (Å²) in [6, 6.07) is 4.79. The maximum Gasteiger partial charge on any atom is 0.220 e. The highest BCUT2D eigenvalue weighted by Crippen LogP contribution is 2.38. The van der Waals surface area contributed by atoms with Crippen molar-refractivity contribution in [3.05, 3.63) is 47.6 Å². The van der Waals surface area contributed by atoms with Crippen LogP contribution in [-0.4, -0.2) is 30.2 Å². The van der Waals surface area contributed by atoms with E-state index in [1.165, 1.54) is 29.3 Å². The lowest BCUT2D eigenvalue weighted by atomic mass is 10.1. The van der Waals surface area contributed by atoms with Gasteiger partial charge in [-0.2, -0.15) is 9.49 Å². The summed E-state index contributed by atoms with van der Waals surface area (Å²) in [5.74, 6) is -0.700. The highest BCUT2D eigenvalue weighted by atomic mass is 32.2. The molecule has 0 bridgehead atoms. The number of hydrogen-bond acceptors (Lipinski definition) is 6. The maximum absolute atomic E-state index is 14.1. The van der Waals surface area contributed by atoms with Crippen LogP contribution in [0.15, 0.2) is 45.9 Å². The van der Waals surface area contributed by atoms with Crippen molar-refractivity contribution < 1.29 is 12.8 Å². The summed E-state index contributed by atoms with van der Waals surface area (Å²) in [6.45, 7) is 0.488. The van der Waals surface area contributed by atoms with Gasteiger partial charge in [0.1, 0.15) is 9.10 Å². The molecule has 0 saturated carbocycles. The molecule has 0 fully saturated rings. The van der Waals surface area contributed by atoms with E-state index < -0.39 is 15.8 Å². The molecule has 0 radical (unpaired) electrons. The Balaban J connectivity index is 2.22. The van der Waals surface area contributed by atoms with Gasteiger partial charge in [-0.05, 0) is 25.2 Å². The normalized spacial score (nSPS) is 11.8. The van der Waals surface area contributed by atoms with E-state index in [9.17, 15) is 12.8 Å². The Bertz CT molecular complexity index is 979. The lowest BCUT2D eigenvalue weighted by Gasteiger charge is -2.04. The lowest BCUT2D eigenvalue weighted by molar-refractivity contribution is 0.587. The van der Waals surface area contributed by atoms with Crippen LogP contribution >= 0.6 is 11.3 Å². The van der Waals surface area contributed by atoms with Crippen LogP contribution in [0.1, 0.15) is 4.88 Å². The van der Waals surface area contributed by atoms with Crippen LogP contribution in [0, 0.1) is 5.95 Å². The largest absolute Gasteiger partial charge is 0.315 e. The van der Waals surface area contributed by atoms with Gasteiger partial charge in [0.2, 0.25) is 15.8 Å². The molecule has 0 aliphatic rings. The lowest BCUT2D eigenvalue weighted by Crippen LogP contribution is -2.02. The first-order valence-electron chi connectivity index (χ1n) is 7.05. The zero-order valence-electron chi connectivity index (χ0n) is 13.0. The van der Waals surface area contributed by atoms with E-state index in [-0.39, 0.29) is 14.7 Å². The molecular weight excluding hydrogens is 351 g/mol. The summed E-state index contributed by atoms with van der Waals surface area (Å²) >= 11 is 1.12. The van der Waals surface area contributed by atoms with Crippen molar-refractivity contribution in [2.24, 2.45) is 7.05 Å². The highest BCUT2D eigenvalue weighted by molar-refractivity contribution is 7.93. The Kier molecular flexibility index (Phi) is 4.48. The number of thiophene rings is 1. The Labute approximate surface area is 142 Å². The topological polar surface area (TPSA) is 76.9 Å². The summed E-state index contributed by atoms with van der Waals surface area (Å²) in [7, 11) is -0.395. The van der Waals surface area contributed by atoms with Gasteiger partial charge in [-0.25, -0.2) is 13.4 Å². The summed E-state index contributed by atoms with van der Waals surface area (Å²) in [6.07, 6.45) is 4.04. The Morgan fingerprint density at radius 3 is 2.79 bits per heavy atom. The number of rotatable bonds is 5. The molecule has 3 aromatic heterocycles. The number of nitrogens with one attached hydrogen (secondary N) is 1. The molecule has 0 aliphatic heterocycles. The second-order valence-corrected chi connectivity index (χ2v) is 8.42. The number of hydrogen-bond donors (Lipinski definition) is 1. The average molecular weight is 366 g/mol. The van der Waals surface area contributed by atoms with Crippen molar-refractivity contribution in [1.29, 1.82) is 0 Å². The molecule has 0 aliphatic carbocycles. The molecule has 0 spiro atoms. The molecule has 0 unspecified atom stereocenters. The van der Waals surface area contributed by atoms with E-state index in [1.54, 1.807) is 26.2 Å². The Morgan fingerprint density at radius 2 is 2.17 bits per heavy atom. The third-order valence-electron chi connectivity index (χ3n) is 3.38. The van der Waals surface area contributed by atoms with Gasteiger partial charge in [-0.1, -0.05) is 0 Å². The number of pyridine rings is 1.